The summed E-state index contributed by atoms with van der Waals surface area (Å²) in [6.45, 7) is -0.308. The van der Waals surface area contributed by atoms with Crippen LogP contribution in [-0.2, 0) is 28.5 Å². The summed E-state index contributed by atoms with van der Waals surface area (Å²) in [5, 5.41) is 0. The van der Waals surface area contributed by atoms with Crippen molar-refractivity contribution in [1.29, 1.82) is 0 Å². The van der Waals surface area contributed by atoms with Gasteiger partial charge in [-0.15, -0.1) is 0 Å². The van der Waals surface area contributed by atoms with Gasteiger partial charge in [-0.2, -0.15) is 8.42 Å². The Kier molecular flexibility index (Phi) is 6.86. The Labute approximate surface area is 174 Å². The molecule has 0 aliphatic carbocycles. The summed E-state index contributed by atoms with van der Waals surface area (Å²) in [7, 11) is -3.93. The number of carbonyl (C=O) groups is 2. The fourth-order valence-electron chi connectivity index (χ4n) is 2.76. The standard InChI is InChI=1S/C21H20O8S/c1-30(24,25)29-19-17(28-21(23)16-10-6-3-7-11-16)12-13-26-18(19)14-27-20(22)15-8-4-2-5-9-15/h2-13,17-19H,14H2,1H3/t17-,18-,19+/m1/s1. The summed E-state index contributed by atoms with van der Waals surface area (Å²) in [6, 6.07) is 16.5. The zero-order chi connectivity index (χ0) is 21.6. The smallest absolute Gasteiger partial charge is 0.338 e. The molecular formula is C21H20O8S. The monoisotopic (exact) mass is 432 g/mol. The van der Waals surface area contributed by atoms with E-state index in [1.807, 2.05) is 0 Å². The van der Waals surface area contributed by atoms with Crippen LogP contribution >= 0.6 is 0 Å². The molecule has 2 aromatic carbocycles. The van der Waals surface area contributed by atoms with E-state index in [4.69, 9.17) is 18.4 Å². The van der Waals surface area contributed by atoms with Gasteiger partial charge in [0.05, 0.1) is 23.6 Å². The summed E-state index contributed by atoms with van der Waals surface area (Å²) in [6.07, 6.45) is 0.182. The molecular weight excluding hydrogens is 412 g/mol. The zero-order valence-electron chi connectivity index (χ0n) is 16.0. The molecule has 0 spiro atoms. The first-order valence-electron chi connectivity index (χ1n) is 9.02. The molecule has 0 aromatic heterocycles. The lowest BCUT2D eigenvalue weighted by atomic mass is 10.1. The predicted octanol–water partition coefficient (Wildman–Crippen LogP) is 2.33. The highest BCUT2D eigenvalue weighted by Gasteiger charge is 2.39. The van der Waals surface area contributed by atoms with Crippen molar-refractivity contribution in [1.82, 2.24) is 0 Å². The van der Waals surface area contributed by atoms with E-state index in [9.17, 15) is 18.0 Å². The summed E-state index contributed by atoms with van der Waals surface area (Å²) >= 11 is 0. The van der Waals surface area contributed by atoms with Crippen LogP contribution in [0.1, 0.15) is 20.7 Å². The van der Waals surface area contributed by atoms with E-state index in [1.165, 1.54) is 12.3 Å². The third kappa shape index (κ3) is 5.91. The van der Waals surface area contributed by atoms with Gasteiger partial charge in [-0.1, -0.05) is 36.4 Å². The fraction of sp³-hybridized carbons (Fsp3) is 0.238. The quantitative estimate of drug-likeness (QED) is 0.485. The Bertz CT molecular complexity index is 1000. The molecule has 0 fully saturated rings. The molecule has 30 heavy (non-hydrogen) atoms. The molecule has 3 rings (SSSR count). The molecule has 0 saturated carbocycles. The number of ether oxygens (including phenoxy) is 3. The van der Waals surface area contributed by atoms with E-state index < -0.39 is 40.4 Å². The minimum atomic E-state index is -3.93. The lowest BCUT2D eigenvalue weighted by molar-refractivity contribution is -0.0769. The van der Waals surface area contributed by atoms with Gasteiger partial charge >= 0.3 is 11.9 Å². The molecule has 8 nitrogen and oxygen atoms in total. The van der Waals surface area contributed by atoms with Gasteiger partial charge in [0.15, 0.2) is 18.3 Å². The van der Waals surface area contributed by atoms with Crippen molar-refractivity contribution in [3.05, 3.63) is 84.1 Å². The Balaban J connectivity index is 1.73. The molecule has 2 aromatic rings. The van der Waals surface area contributed by atoms with Crippen molar-refractivity contribution < 1.29 is 36.4 Å². The molecule has 0 N–H and O–H groups in total. The molecule has 0 saturated heterocycles. The van der Waals surface area contributed by atoms with Gasteiger partial charge in [0.1, 0.15) is 6.61 Å². The molecule has 3 atom stereocenters. The second-order valence-electron chi connectivity index (χ2n) is 6.47. The second-order valence-corrected chi connectivity index (χ2v) is 8.07. The van der Waals surface area contributed by atoms with Gasteiger partial charge in [-0.25, -0.2) is 9.59 Å². The predicted molar refractivity (Wildman–Crippen MR) is 106 cm³/mol. The zero-order valence-corrected chi connectivity index (χ0v) is 16.9. The molecule has 0 radical (unpaired) electrons. The first-order valence-corrected chi connectivity index (χ1v) is 10.8. The van der Waals surface area contributed by atoms with Crippen LogP contribution in [0.5, 0.6) is 0 Å². The van der Waals surface area contributed by atoms with Gasteiger partial charge in [-0.3, -0.25) is 4.18 Å². The number of rotatable bonds is 7. The summed E-state index contributed by atoms with van der Waals surface area (Å²) in [5.74, 6) is -1.26. The maximum absolute atomic E-state index is 12.4. The van der Waals surface area contributed by atoms with Crippen LogP contribution < -0.4 is 0 Å². The second kappa shape index (κ2) is 9.55. The molecule has 0 bridgehead atoms. The molecule has 1 aliphatic rings. The molecule has 1 aliphatic heterocycles. The van der Waals surface area contributed by atoms with Crippen molar-refractivity contribution in [3.63, 3.8) is 0 Å². The van der Waals surface area contributed by atoms with Gasteiger partial charge in [0.25, 0.3) is 10.1 Å². The maximum Gasteiger partial charge on any atom is 0.338 e. The Morgan fingerprint density at radius 2 is 1.50 bits per heavy atom. The lowest BCUT2D eigenvalue weighted by Crippen LogP contribution is -2.47. The maximum atomic E-state index is 12.4. The van der Waals surface area contributed by atoms with Crippen molar-refractivity contribution >= 4 is 22.1 Å². The molecule has 0 unspecified atom stereocenters. The van der Waals surface area contributed by atoms with Crippen molar-refractivity contribution in [3.8, 4) is 0 Å². The van der Waals surface area contributed by atoms with Crippen LogP contribution in [0.2, 0.25) is 0 Å². The average molecular weight is 432 g/mol. The van der Waals surface area contributed by atoms with Crippen LogP contribution in [0.15, 0.2) is 73.0 Å². The van der Waals surface area contributed by atoms with Gasteiger partial charge in [0.2, 0.25) is 0 Å². The average Bonchev–Trinajstić information content (AvgIpc) is 2.74. The topological polar surface area (TPSA) is 105 Å². The van der Waals surface area contributed by atoms with Gasteiger partial charge in [0, 0.05) is 0 Å². The van der Waals surface area contributed by atoms with Crippen LogP contribution in [0.25, 0.3) is 0 Å². The van der Waals surface area contributed by atoms with Gasteiger partial charge < -0.3 is 14.2 Å². The third-order valence-corrected chi connectivity index (χ3v) is 4.71. The van der Waals surface area contributed by atoms with Crippen molar-refractivity contribution in [2.24, 2.45) is 0 Å². The first-order chi connectivity index (χ1) is 14.3. The first kappa shape index (κ1) is 21.5. The molecule has 1 heterocycles. The van der Waals surface area contributed by atoms with E-state index in [0.717, 1.165) is 6.26 Å². The highest BCUT2D eigenvalue weighted by molar-refractivity contribution is 7.86. The summed E-state index contributed by atoms with van der Waals surface area (Å²) < 4.78 is 44.7. The van der Waals surface area contributed by atoms with Gasteiger partial charge in [-0.05, 0) is 30.3 Å². The van der Waals surface area contributed by atoms with Crippen LogP contribution in [-0.4, -0.2) is 51.5 Å². The Morgan fingerprint density at radius 3 is 2.07 bits per heavy atom. The number of carbonyl (C=O) groups excluding carboxylic acids is 2. The van der Waals surface area contributed by atoms with E-state index in [2.05, 4.69) is 0 Å². The molecule has 0 amide bonds. The van der Waals surface area contributed by atoms with E-state index in [0.29, 0.717) is 11.1 Å². The minimum absolute atomic E-state index is 0.294. The Hall–Kier alpha value is -3.17. The highest BCUT2D eigenvalue weighted by Crippen LogP contribution is 2.22. The molecule has 9 heteroatoms. The van der Waals surface area contributed by atoms with Crippen molar-refractivity contribution in [2.75, 3.05) is 12.9 Å². The number of hydrogen-bond donors (Lipinski definition) is 0. The number of esters is 2. The SMILES string of the molecule is CS(=O)(=O)O[C@H]1[C@H](OC(=O)c2ccccc2)C=CO[C@@H]1COC(=O)c1ccccc1. The summed E-state index contributed by atoms with van der Waals surface area (Å²) in [4.78, 5) is 24.6. The number of benzene rings is 2. The fourth-order valence-corrected chi connectivity index (χ4v) is 3.40. The third-order valence-electron chi connectivity index (χ3n) is 4.14. The number of hydrogen-bond acceptors (Lipinski definition) is 8. The molecule has 158 valence electrons. The minimum Gasteiger partial charge on any atom is -0.492 e. The van der Waals surface area contributed by atoms with Crippen molar-refractivity contribution in [2.45, 2.75) is 18.3 Å². The Morgan fingerprint density at radius 1 is 0.933 bits per heavy atom. The highest BCUT2D eigenvalue weighted by atomic mass is 32.2. The van der Waals surface area contributed by atoms with E-state index in [-0.39, 0.29) is 6.61 Å². The van der Waals surface area contributed by atoms with Crippen LogP contribution in [0.3, 0.4) is 0 Å². The van der Waals surface area contributed by atoms with Crippen LogP contribution in [0, 0.1) is 0 Å². The normalized spacial score (nSPS) is 20.8. The van der Waals surface area contributed by atoms with E-state index >= 15 is 0 Å². The summed E-state index contributed by atoms with van der Waals surface area (Å²) in [5.41, 5.74) is 0.624. The lowest BCUT2D eigenvalue weighted by Gasteiger charge is -2.32. The largest absolute Gasteiger partial charge is 0.492 e. The van der Waals surface area contributed by atoms with Crippen LogP contribution in [0.4, 0.5) is 0 Å². The van der Waals surface area contributed by atoms with E-state index in [1.54, 1.807) is 60.7 Å².